The van der Waals surface area contributed by atoms with Crippen LogP contribution in [0.25, 0.3) is 0 Å². The monoisotopic (exact) mass is 284 g/mol. The molecule has 2 heterocycles. The Bertz CT molecular complexity index is 539. The topological polar surface area (TPSA) is 41.0 Å². The minimum Gasteiger partial charge on any atom is -0.370 e. The van der Waals surface area contributed by atoms with Gasteiger partial charge in [0.15, 0.2) is 0 Å². The summed E-state index contributed by atoms with van der Waals surface area (Å²) < 4.78 is 0. The maximum atomic E-state index is 4.43. The van der Waals surface area contributed by atoms with E-state index in [9.17, 15) is 0 Å². The van der Waals surface area contributed by atoms with E-state index in [-0.39, 0.29) is 0 Å². The third kappa shape index (κ3) is 5.16. The van der Waals surface area contributed by atoms with E-state index >= 15 is 0 Å². The zero-order valence-electron chi connectivity index (χ0n) is 13.1. The number of nitrogens with zero attached hydrogens (tertiary/aromatic N) is 3. The van der Waals surface area contributed by atoms with Crippen LogP contribution in [-0.4, -0.2) is 23.6 Å². The molecule has 2 aromatic heterocycles. The van der Waals surface area contributed by atoms with Gasteiger partial charge in [-0.25, -0.2) is 0 Å². The lowest BCUT2D eigenvalue weighted by Gasteiger charge is -2.20. The highest BCUT2D eigenvalue weighted by Gasteiger charge is 2.04. The Morgan fingerprint density at radius 2 is 1.90 bits per heavy atom. The minimum atomic E-state index is 0.655. The summed E-state index contributed by atoms with van der Waals surface area (Å²) in [6.45, 7) is 7.11. The first-order valence-electron chi connectivity index (χ1n) is 7.41. The van der Waals surface area contributed by atoms with E-state index in [1.165, 1.54) is 11.3 Å². The van der Waals surface area contributed by atoms with Crippen molar-refractivity contribution in [3.63, 3.8) is 0 Å². The van der Waals surface area contributed by atoms with Gasteiger partial charge in [-0.1, -0.05) is 13.8 Å². The van der Waals surface area contributed by atoms with E-state index in [2.05, 4.69) is 47.1 Å². The van der Waals surface area contributed by atoms with E-state index in [1.807, 2.05) is 36.8 Å². The molecule has 0 aliphatic rings. The average molecular weight is 284 g/mol. The first kappa shape index (κ1) is 15.4. The molecule has 0 radical (unpaired) electrons. The second-order valence-corrected chi connectivity index (χ2v) is 5.74. The summed E-state index contributed by atoms with van der Waals surface area (Å²) in [5.41, 5.74) is 3.52. The van der Waals surface area contributed by atoms with Gasteiger partial charge in [0, 0.05) is 44.4 Å². The molecule has 0 saturated heterocycles. The Morgan fingerprint density at radius 3 is 2.62 bits per heavy atom. The Morgan fingerprint density at radius 1 is 1.14 bits per heavy atom. The molecule has 4 nitrogen and oxygen atoms in total. The summed E-state index contributed by atoms with van der Waals surface area (Å²) >= 11 is 0. The van der Waals surface area contributed by atoms with Crippen LogP contribution in [0.2, 0.25) is 0 Å². The van der Waals surface area contributed by atoms with Crippen LogP contribution in [0.3, 0.4) is 0 Å². The second kappa shape index (κ2) is 7.74. The van der Waals surface area contributed by atoms with Crippen LogP contribution >= 0.6 is 0 Å². The van der Waals surface area contributed by atoms with Crippen molar-refractivity contribution in [1.82, 2.24) is 15.3 Å². The first-order valence-corrected chi connectivity index (χ1v) is 7.41. The molecule has 0 fully saturated rings. The lowest BCUT2D eigenvalue weighted by atomic mass is 10.2. The van der Waals surface area contributed by atoms with Gasteiger partial charge >= 0.3 is 0 Å². The molecule has 1 N–H and O–H groups in total. The molecule has 4 heteroatoms. The fourth-order valence-electron chi connectivity index (χ4n) is 2.14. The first-order chi connectivity index (χ1) is 10.1. The number of pyridine rings is 2. The van der Waals surface area contributed by atoms with Crippen LogP contribution in [-0.2, 0) is 13.1 Å². The molecule has 2 rings (SSSR count). The Hall–Kier alpha value is -1.94. The van der Waals surface area contributed by atoms with Gasteiger partial charge in [-0.05, 0) is 42.3 Å². The zero-order chi connectivity index (χ0) is 15.1. The van der Waals surface area contributed by atoms with E-state index in [4.69, 9.17) is 0 Å². The fraction of sp³-hybridized carbons (Fsp3) is 0.412. The fourth-order valence-corrected chi connectivity index (χ4v) is 2.14. The van der Waals surface area contributed by atoms with Crippen molar-refractivity contribution in [3.8, 4) is 0 Å². The van der Waals surface area contributed by atoms with Gasteiger partial charge in [0.05, 0.1) is 5.69 Å². The summed E-state index contributed by atoms with van der Waals surface area (Å²) in [5.74, 6) is 0.655. The normalized spacial score (nSPS) is 10.9. The van der Waals surface area contributed by atoms with Gasteiger partial charge in [-0.3, -0.25) is 9.97 Å². The molecule has 112 valence electrons. The van der Waals surface area contributed by atoms with Crippen molar-refractivity contribution in [2.24, 2.45) is 5.92 Å². The molecule has 0 bridgehead atoms. The smallest absolute Gasteiger partial charge is 0.0562 e. The summed E-state index contributed by atoms with van der Waals surface area (Å²) in [6, 6.07) is 8.28. The molecule has 0 aliphatic heterocycles. The van der Waals surface area contributed by atoms with Crippen molar-refractivity contribution >= 4 is 5.69 Å². The van der Waals surface area contributed by atoms with Crippen molar-refractivity contribution < 1.29 is 0 Å². The van der Waals surface area contributed by atoms with Gasteiger partial charge in [-0.15, -0.1) is 0 Å². The molecule has 0 saturated carbocycles. The molecule has 0 spiro atoms. The van der Waals surface area contributed by atoms with E-state index in [0.717, 1.165) is 25.3 Å². The van der Waals surface area contributed by atoms with Gasteiger partial charge in [0.25, 0.3) is 0 Å². The van der Waals surface area contributed by atoms with Crippen LogP contribution in [0.4, 0.5) is 5.69 Å². The predicted molar refractivity (Wildman–Crippen MR) is 87.1 cm³/mol. The molecule has 2 aromatic rings. The van der Waals surface area contributed by atoms with Crippen molar-refractivity contribution in [2.75, 3.05) is 18.5 Å². The highest BCUT2D eigenvalue weighted by Crippen LogP contribution is 2.15. The third-order valence-electron chi connectivity index (χ3n) is 3.27. The molecular formula is C17H24N4. The Kier molecular flexibility index (Phi) is 5.69. The van der Waals surface area contributed by atoms with Crippen molar-refractivity contribution in [2.45, 2.75) is 26.9 Å². The van der Waals surface area contributed by atoms with Crippen LogP contribution in [0.1, 0.15) is 25.1 Å². The number of rotatable bonds is 7. The summed E-state index contributed by atoms with van der Waals surface area (Å²) in [5, 5.41) is 3.43. The van der Waals surface area contributed by atoms with E-state index in [1.54, 1.807) is 0 Å². The second-order valence-electron chi connectivity index (χ2n) is 5.74. The van der Waals surface area contributed by atoms with Gasteiger partial charge in [0.1, 0.15) is 0 Å². The van der Waals surface area contributed by atoms with Crippen LogP contribution in [0.5, 0.6) is 0 Å². The quantitative estimate of drug-likeness (QED) is 0.849. The maximum absolute atomic E-state index is 4.43. The molecular weight excluding hydrogens is 260 g/mol. The highest BCUT2D eigenvalue weighted by atomic mass is 15.1. The van der Waals surface area contributed by atoms with Gasteiger partial charge < -0.3 is 10.2 Å². The molecule has 0 aromatic carbocycles. The molecule has 0 unspecified atom stereocenters. The molecule has 0 amide bonds. The number of aromatic nitrogens is 2. The number of anilines is 1. The lowest BCUT2D eigenvalue weighted by Crippen LogP contribution is -2.20. The number of nitrogens with one attached hydrogen (secondary N) is 1. The van der Waals surface area contributed by atoms with Gasteiger partial charge in [-0.2, -0.15) is 0 Å². The maximum Gasteiger partial charge on any atom is 0.0562 e. The van der Waals surface area contributed by atoms with E-state index in [0.29, 0.717) is 5.92 Å². The Balaban J connectivity index is 1.96. The SMILES string of the molecule is CC(C)CNCc1cc(N(C)Cc2ccncc2)ccn1. The van der Waals surface area contributed by atoms with Crippen LogP contribution < -0.4 is 10.2 Å². The number of hydrogen-bond donors (Lipinski definition) is 1. The Labute approximate surface area is 127 Å². The summed E-state index contributed by atoms with van der Waals surface area (Å²) in [7, 11) is 2.10. The van der Waals surface area contributed by atoms with Crippen molar-refractivity contribution in [1.29, 1.82) is 0 Å². The standard InChI is InChI=1S/C17H24N4/c1-14(2)11-19-12-16-10-17(6-9-20-16)21(3)13-15-4-7-18-8-5-15/h4-10,14,19H,11-13H2,1-3H3. The largest absolute Gasteiger partial charge is 0.370 e. The molecule has 21 heavy (non-hydrogen) atoms. The molecule has 0 aliphatic carbocycles. The lowest BCUT2D eigenvalue weighted by molar-refractivity contribution is 0.548. The average Bonchev–Trinajstić information content (AvgIpc) is 2.48. The number of hydrogen-bond acceptors (Lipinski definition) is 4. The van der Waals surface area contributed by atoms with E-state index < -0.39 is 0 Å². The van der Waals surface area contributed by atoms with Crippen LogP contribution in [0.15, 0.2) is 42.9 Å². The zero-order valence-corrected chi connectivity index (χ0v) is 13.1. The third-order valence-corrected chi connectivity index (χ3v) is 3.27. The van der Waals surface area contributed by atoms with Gasteiger partial charge in [0.2, 0.25) is 0 Å². The summed E-state index contributed by atoms with van der Waals surface area (Å²) in [4.78, 5) is 10.7. The highest BCUT2D eigenvalue weighted by molar-refractivity contribution is 5.46. The van der Waals surface area contributed by atoms with Crippen LogP contribution in [0, 0.1) is 5.92 Å². The molecule has 0 atom stereocenters. The predicted octanol–water partition coefficient (Wildman–Crippen LogP) is 2.86. The minimum absolute atomic E-state index is 0.655. The summed E-state index contributed by atoms with van der Waals surface area (Å²) in [6.07, 6.45) is 5.54. The van der Waals surface area contributed by atoms with Crippen molar-refractivity contribution in [3.05, 3.63) is 54.1 Å².